The van der Waals surface area contributed by atoms with E-state index in [2.05, 4.69) is 5.32 Å². The molecular formula is C16H19NO3. The molecule has 1 atom stereocenters. The van der Waals surface area contributed by atoms with Gasteiger partial charge in [-0.05, 0) is 31.7 Å². The van der Waals surface area contributed by atoms with Crippen LogP contribution in [-0.4, -0.2) is 23.5 Å². The molecule has 0 saturated carbocycles. The zero-order valence-corrected chi connectivity index (χ0v) is 11.6. The maximum atomic E-state index is 12.1. The number of allylic oxidation sites excluding steroid dienone is 1. The molecule has 0 spiro atoms. The number of carboxylic acids is 1. The van der Waals surface area contributed by atoms with E-state index in [1.165, 1.54) is 0 Å². The average molecular weight is 273 g/mol. The molecule has 1 aliphatic rings. The summed E-state index contributed by atoms with van der Waals surface area (Å²) in [6, 6.07) is 8.98. The fourth-order valence-corrected chi connectivity index (χ4v) is 2.54. The van der Waals surface area contributed by atoms with Gasteiger partial charge >= 0.3 is 5.97 Å². The van der Waals surface area contributed by atoms with Crippen LogP contribution in [0.4, 0.5) is 0 Å². The largest absolute Gasteiger partial charge is 0.481 e. The lowest BCUT2D eigenvalue weighted by molar-refractivity contribution is -0.138. The van der Waals surface area contributed by atoms with Crippen LogP contribution in [0.5, 0.6) is 0 Å². The number of benzene rings is 1. The van der Waals surface area contributed by atoms with Crippen molar-refractivity contribution in [3.63, 3.8) is 0 Å². The van der Waals surface area contributed by atoms with Gasteiger partial charge in [0.15, 0.2) is 0 Å². The van der Waals surface area contributed by atoms with Crippen LogP contribution >= 0.6 is 0 Å². The van der Waals surface area contributed by atoms with Crippen molar-refractivity contribution in [3.8, 4) is 0 Å². The molecule has 0 aromatic heterocycles. The Morgan fingerprint density at radius 2 is 1.95 bits per heavy atom. The lowest BCUT2D eigenvalue weighted by Crippen LogP contribution is -2.32. The highest BCUT2D eigenvalue weighted by Gasteiger charge is 2.23. The van der Waals surface area contributed by atoms with Crippen LogP contribution in [-0.2, 0) is 9.59 Å². The van der Waals surface area contributed by atoms with Crippen LogP contribution in [0.1, 0.15) is 37.7 Å². The van der Waals surface area contributed by atoms with Crippen molar-refractivity contribution in [2.75, 3.05) is 6.54 Å². The highest BCUT2D eigenvalue weighted by atomic mass is 16.4. The molecule has 0 saturated heterocycles. The number of hydrogen-bond acceptors (Lipinski definition) is 2. The minimum atomic E-state index is -0.923. The molecule has 4 nitrogen and oxygen atoms in total. The Morgan fingerprint density at radius 3 is 2.50 bits per heavy atom. The van der Waals surface area contributed by atoms with Crippen molar-refractivity contribution in [1.82, 2.24) is 5.32 Å². The number of carbonyl (C=O) groups excluding carboxylic acids is 1. The Kier molecular flexibility index (Phi) is 4.56. The average Bonchev–Trinajstić information content (AvgIpc) is 2.86. The van der Waals surface area contributed by atoms with Gasteiger partial charge in [0.25, 0.3) is 0 Å². The molecule has 2 N–H and O–H groups in total. The van der Waals surface area contributed by atoms with Crippen molar-refractivity contribution in [2.45, 2.75) is 32.1 Å². The molecule has 4 heteroatoms. The molecular weight excluding hydrogens is 254 g/mol. The first-order valence-electron chi connectivity index (χ1n) is 6.84. The van der Waals surface area contributed by atoms with Crippen molar-refractivity contribution in [2.24, 2.45) is 0 Å². The van der Waals surface area contributed by atoms with Crippen LogP contribution in [0.15, 0.2) is 41.5 Å². The smallest absolute Gasteiger partial charge is 0.312 e. The summed E-state index contributed by atoms with van der Waals surface area (Å²) >= 11 is 0. The first-order valence-corrected chi connectivity index (χ1v) is 6.84. The van der Waals surface area contributed by atoms with Gasteiger partial charge in [-0.2, -0.15) is 0 Å². The molecule has 0 radical (unpaired) electrons. The van der Waals surface area contributed by atoms with Crippen molar-refractivity contribution in [1.29, 1.82) is 0 Å². The van der Waals surface area contributed by atoms with E-state index in [0.29, 0.717) is 5.56 Å². The molecule has 2 rings (SSSR count). The second-order valence-electron chi connectivity index (χ2n) is 5.12. The summed E-state index contributed by atoms with van der Waals surface area (Å²) < 4.78 is 0. The number of aliphatic carboxylic acids is 1. The van der Waals surface area contributed by atoms with Crippen molar-refractivity contribution in [3.05, 3.63) is 47.0 Å². The number of rotatable bonds is 5. The minimum absolute atomic E-state index is 0.120. The van der Waals surface area contributed by atoms with Gasteiger partial charge in [-0.15, -0.1) is 0 Å². The Bertz CT molecular complexity index is 534. The van der Waals surface area contributed by atoms with E-state index >= 15 is 0 Å². The monoisotopic (exact) mass is 273 g/mol. The van der Waals surface area contributed by atoms with Crippen LogP contribution in [0, 0.1) is 0 Å². The molecule has 0 heterocycles. The quantitative estimate of drug-likeness (QED) is 0.866. The van der Waals surface area contributed by atoms with Crippen LogP contribution in [0.25, 0.3) is 0 Å². The van der Waals surface area contributed by atoms with Gasteiger partial charge in [-0.25, -0.2) is 0 Å². The van der Waals surface area contributed by atoms with Gasteiger partial charge in [0.1, 0.15) is 0 Å². The maximum Gasteiger partial charge on any atom is 0.312 e. The van der Waals surface area contributed by atoms with Crippen molar-refractivity contribution >= 4 is 11.9 Å². The molecule has 1 amide bonds. The fourth-order valence-electron chi connectivity index (χ4n) is 2.54. The predicted molar refractivity (Wildman–Crippen MR) is 76.4 cm³/mol. The zero-order valence-electron chi connectivity index (χ0n) is 11.6. The Morgan fingerprint density at radius 1 is 1.25 bits per heavy atom. The highest BCUT2D eigenvalue weighted by Crippen LogP contribution is 2.25. The molecule has 0 fully saturated rings. The number of carboxylic acid groups (broad SMARTS) is 1. The molecule has 1 aromatic carbocycles. The lowest BCUT2D eigenvalue weighted by atomic mass is 9.99. The third-order valence-corrected chi connectivity index (χ3v) is 3.73. The number of amides is 1. The molecule has 20 heavy (non-hydrogen) atoms. The summed E-state index contributed by atoms with van der Waals surface area (Å²) in [5.74, 6) is -1.75. The summed E-state index contributed by atoms with van der Waals surface area (Å²) in [4.78, 5) is 23.4. The van der Waals surface area contributed by atoms with Gasteiger partial charge in [0.2, 0.25) is 5.91 Å². The molecule has 1 unspecified atom stereocenters. The number of nitrogens with one attached hydrogen (secondary N) is 1. The molecule has 0 bridgehead atoms. The maximum absolute atomic E-state index is 12.1. The summed E-state index contributed by atoms with van der Waals surface area (Å²) in [5, 5.41) is 12.1. The highest BCUT2D eigenvalue weighted by molar-refractivity contribution is 5.95. The zero-order chi connectivity index (χ0) is 14.5. The SMILES string of the molecule is CC1=C(C(=O)NCC(C(=O)O)c2ccccc2)CCC1. The van der Waals surface area contributed by atoms with Gasteiger partial charge in [-0.1, -0.05) is 35.9 Å². The third-order valence-electron chi connectivity index (χ3n) is 3.73. The second kappa shape index (κ2) is 6.37. The third kappa shape index (κ3) is 3.26. The minimum Gasteiger partial charge on any atom is -0.481 e. The van der Waals surface area contributed by atoms with E-state index in [0.717, 1.165) is 30.4 Å². The Labute approximate surface area is 118 Å². The summed E-state index contributed by atoms with van der Waals surface area (Å²) in [5.41, 5.74) is 2.65. The molecule has 0 aliphatic heterocycles. The summed E-state index contributed by atoms with van der Waals surface area (Å²) in [6.45, 7) is 2.09. The van der Waals surface area contributed by atoms with Gasteiger partial charge in [0.05, 0.1) is 5.92 Å². The van der Waals surface area contributed by atoms with Gasteiger partial charge < -0.3 is 10.4 Å². The van der Waals surface area contributed by atoms with E-state index in [4.69, 9.17) is 0 Å². The van der Waals surface area contributed by atoms with E-state index in [1.54, 1.807) is 24.3 Å². The fraction of sp³-hybridized carbons (Fsp3) is 0.375. The van der Waals surface area contributed by atoms with Crippen LogP contribution in [0.3, 0.4) is 0 Å². The second-order valence-corrected chi connectivity index (χ2v) is 5.12. The topological polar surface area (TPSA) is 66.4 Å². The molecule has 1 aromatic rings. The van der Waals surface area contributed by atoms with Gasteiger partial charge in [-0.3, -0.25) is 9.59 Å². The van der Waals surface area contributed by atoms with Crippen LogP contribution < -0.4 is 5.32 Å². The number of carbonyl (C=O) groups is 2. The lowest BCUT2D eigenvalue weighted by Gasteiger charge is -2.14. The van der Waals surface area contributed by atoms with E-state index in [1.807, 2.05) is 13.0 Å². The molecule has 1 aliphatic carbocycles. The van der Waals surface area contributed by atoms with E-state index in [-0.39, 0.29) is 12.5 Å². The predicted octanol–water partition coefficient (Wildman–Crippen LogP) is 2.47. The molecule has 106 valence electrons. The number of hydrogen-bond donors (Lipinski definition) is 2. The summed E-state index contributed by atoms with van der Waals surface area (Å²) in [7, 11) is 0. The van der Waals surface area contributed by atoms with Gasteiger partial charge in [0, 0.05) is 12.1 Å². The van der Waals surface area contributed by atoms with Crippen molar-refractivity contribution < 1.29 is 14.7 Å². The van der Waals surface area contributed by atoms with E-state index < -0.39 is 11.9 Å². The first kappa shape index (κ1) is 14.3. The van der Waals surface area contributed by atoms with E-state index in [9.17, 15) is 14.7 Å². The Balaban J connectivity index is 2.02. The van der Waals surface area contributed by atoms with Crippen LogP contribution in [0.2, 0.25) is 0 Å². The standard InChI is InChI=1S/C16H19NO3/c1-11-6-5-9-13(11)15(18)17-10-14(16(19)20)12-7-3-2-4-8-12/h2-4,7-8,14H,5-6,9-10H2,1H3,(H,17,18)(H,19,20). The first-order chi connectivity index (χ1) is 9.59. The Hall–Kier alpha value is -2.10. The normalized spacial score (nSPS) is 16.1. The summed E-state index contributed by atoms with van der Waals surface area (Å²) in [6.07, 6.45) is 2.76.